The first kappa shape index (κ1) is 24.3. The van der Waals surface area contributed by atoms with Crippen LogP contribution in [0.15, 0.2) is 84.8 Å². The zero-order valence-electron chi connectivity index (χ0n) is 19.6. The summed E-state index contributed by atoms with van der Waals surface area (Å²) in [5.74, 6) is -1.49. The normalized spacial score (nSPS) is 16.5. The number of hydrogen-bond acceptors (Lipinski definition) is 6. The summed E-state index contributed by atoms with van der Waals surface area (Å²) < 4.78 is 0. The molecule has 1 unspecified atom stereocenters. The van der Waals surface area contributed by atoms with Crippen molar-refractivity contribution in [2.24, 2.45) is 0 Å². The van der Waals surface area contributed by atoms with Crippen molar-refractivity contribution >= 4 is 34.4 Å². The highest BCUT2D eigenvalue weighted by atomic mass is 16.3. The van der Waals surface area contributed by atoms with E-state index in [1.165, 1.54) is 6.20 Å². The van der Waals surface area contributed by atoms with Crippen LogP contribution < -0.4 is 0 Å². The van der Waals surface area contributed by atoms with Gasteiger partial charge in [-0.3, -0.25) is 14.6 Å². The maximum absolute atomic E-state index is 13.1. The lowest BCUT2D eigenvalue weighted by Gasteiger charge is -2.25. The molecule has 0 spiro atoms. The van der Waals surface area contributed by atoms with Crippen molar-refractivity contribution in [1.82, 2.24) is 14.9 Å². The molecule has 3 N–H and O–H groups in total. The molecule has 1 saturated heterocycles. The van der Waals surface area contributed by atoms with Crippen molar-refractivity contribution in [3.63, 3.8) is 0 Å². The lowest BCUT2D eigenvalue weighted by atomic mass is 9.95. The average molecular weight is 481 g/mol. The fraction of sp³-hybridized carbons (Fsp3) is 0.143. The molecule has 8 heteroatoms. The van der Waals surface area contributed by atoms with Crippen molar-refractivity contribution in [3.05, 3.63) is 107 Å². The van der Waals surface area contributed by atoms with Crippen molar-refractivity contribution < 1.29 is 19.5 Å². The summed E-state index contributed by atoms with van der Waals surface area (Å²) >= 11 is 0. The summed E-state index contributed by atoms with van der Waals surface area (Å²) in [6, 6.07) is 18.4. The molecule has 3 heterocycles. The summed E-state index contributed by atoms with van der Waals surface area (Å²) in [6.07, 6.45) is 6.35. The molecule has 8 nitrogen and oxygen atoms in total. The maximum atomic E-state index is 13.1. The number of aliphatic hydroxyl groups excluding tert-OH is 1. The largest absolute Gasteiger partial charge is 0.507 e. The molecule has 1 aliphatic heterocycles. The van der Waals surface area contributed by atoms with Crippen molar-refractivity contribution in [2.45, 2.75) is 19.4 Å². The molecule has 180 valence electrons. The van der Waals surface area contributed by atoms with E-state index in [1.807, 2.05) is 61.7 Å². The number of carbonyl (C=O) groups is 2. The first-order valence-corrected chi connectivity index (χ1v) is 11.3. The molecule has 5 rings (SSSR count). The van der Waals surface area contributed by atoms with Gasteiger partial charge in [0.25, 0.3) is 11.7 Å². The van der Waals surface area contributed by atoms with Gasteiger partial charge < -0.3 is 15.0 Å². The number of H-pyrrole nitrogens is 1. The van der Waals surface area contributed by atoms with Crippen LogP contribution in [0.4, 0.5) is 0 Å². The second kappa shape index (κ2) is 10.6. The molecular formula is C28H24N4O4. The number of aromatic amines is 1. The number of aromatic nitrogens is 2. The van der Waals surface area contributed by atoms with E-state index in [-0.39, 0.29) is 11.3 Å². The zero-order chi connectivity index (χ0) is 25.7. The Bertz CT molecular complexity index is 1470. The number of aliphatic hydroxyl groups is 1. The van der Waals surface area contributed by atoms with Crippen LogP contribution in [0.25, 0.3) is 16.7 Å². The van der Waals surface area contributed by atoms with Gasteiger partial charge in [0.15, 0.2) is 0 Å². The lowest BCUT2D eigenvalue weighted by Crippen LogP contribution is -2.31. The van der Waals surface area contributed by atoms with Crippen LogP contribution in [-0.2, 0) is 20.8 Å². The molecule has 0 aliphatic carbocycles. The van der Waals surface area contributed by atoms with E-state index in [9.17, 15) is 14.7 Å². The number of isocyanates is 1. The van der Waals surface area contributed by atoms with Crippen molar-refractivity contribution in [3.8, 4) is 0 Å². The van der Waals surface area contributed by atoms with Gasteiger partial charge in [-0.2, -0.15) is 0 Å². The van der Waals surface area contributed by atoms with Crippen LogP contribution in [0.5, 0.6) is 0 Å². The summed E-state index contributed by atoms with van der Waals surface area (Å²) in [6.45, 7) is 2.32. The number of carbonyl (C=O) groups excluding carboxylic acids is 3. The third-order valence-electron chi connectivity index (χ3n) is 6.16. The highest BCUT2D eigenvalue weighted by Gasteiger charge is 2.45. The Kier molecular flexibility index (Phi) is 7.18. The minimum atomic E-state index is -0.680. The van der Waals surface area contributed by atoms with E-state index in [0.717, 1.165) is 33.7 Å². The molecule has 4 aromatic rings. The minimum Gasteiger partial charge on any atom is -0.507 e. The Labute approximate surface area is 207 Å². The van der Waals surface area contributed by atoms with Gasteiger partial charge >= 0.3 is 0 Å². The van der Waals surface area contributed by atoms with Gasteiger partial charge in [0, 0.05) is 41.6 Å². The molecular weight excluding hydrogens is 456 g/mol. The van der Waals surface area contributed by atoms with Gasteiger partial charge in [-0.25, -0.2) is 10.2 Å². The lowest BCUT2D eigenvalue weighted by molar-refractivity contribution is -0.139. The second-order valence-corrected chi connectivity index (χ2v) is 8.36. The number of ketones is 1. The van der Waals surface area contributed by atoms with Gasteiger partial charge in [-0.05, 0) is 42.7 Å². The third-order valence-corrected chi connectivity index (χ3v) is 6.16. The molecule has 0 radical (unpaired) electrons. The van der Waals surface area contributed by atoms with E-state index in [2.05, 4.69) is 9.97 Å². The molecule has 2 aromatic carbocycles. The van der Waals surface area contributed by atoms with Gasteiger partial charge in [0.1, 0.15) is 5.76 Å². The van der Waals surface area contributed by atoms with Crippen molar-refractivity contribution in [1.29, 1.82) is 5.41 Å². The number of nitrogens with one attached hydrogen (secondary N) is 2. The number of aryl methyl sites for hydroxylation is 1. The van der Waals surface area contributed by atoms with Gasteiger partial charge in [-0.1, -0.05) is 48.0 Å². The predicted molar refractivity (Wildman–Crippen MR) is 135 cm³/mol. The van der Waals surface area contributed by atoms with Crippen LogP contribution in [0.1, 0.15) is 28.3 Å². The number of fused-ring (bicyclic) bond motifs is 1. The maximum Gasteiger partial charge on any atom is 0.295 e. The topological polar surface area (TPSA) is 127 Å². The molecule has 1 aliphatic rings. The number of rotatable bonds is 5. The quantitative estimate of drug-likeness (QED) is 0.128. The third kappa shape index (κ3) is 4.71. The predicted octanol–water partition coefficient (Wildman–Crippen LogP) is 4.44. The highest BCUT2D eigenvalue weighted by molar-refractivity contribution is 6.46. The summed E-state index contributed by atoms with van der Waals surface area (Å²) in [5.41, 5.74) is 4.45. The Morgan fingerprint density at radius 3 is 2.53 bits per heavy atom. The molecule has 2 aromatic heterocycles. The van der Waals surface area contributed by atoms with E-state index in [4.69, 9.17) is 10.2 Å². The molecule has 0 saturated carbocycles. The minimum absolute atomic E-state index is 0.0933. The van der Waals surface area contributed by atoms with Crippen LogP contribution in [-0.4, -0.2) is 44.3 Å². The smallest absolute Gasteiger partial charge is 0.295 e. The number of hydrogen-bond donors (Lipinski definition) is 3. The SMILES string of the molecule is Cc1ccc(C2C(=C(O)c3cccnc3)C(=O)C(=O)N2CCc2c[nH]c3ccccc23)cc1.N=C=O. The van der Waals surface area contributed by atoms with E-state index < -0.39 is 17.7 Å². The summed E-state index contributed by atoms with van der Waals surface area (Å²) in [4.78, 5) is 43.5. The van der Waals surface area contributed by atoms with Crippen LogP contribution in [0.3, 0.4) is 0 Å². The Morgan fingerprint density at radius 1 is 1.11 bits per heavy atom. The summed E-state index contributed by atoms with van der Waals surface area (Å²) in [5, 5.41) is 17.5. The Morgan fingerprint density at radius 2 is 1.83 bits per heavy atom. The van der Waals surface area contributed by atoms with Gasteiger partial charge in [-0.15, -0.1) is 0 Å². The first-order chi connectivity index (χ1) is 17.5. The van der Waals surface area contributed by atoms with E-state index >= 15 is 0 Å². The van der Waals surface area contributed by atoms with Crippen LogP contribution >= 0.6 is 0 Å². The molecule has 1 fully saturated rings. The van der Waals surface area contributed by atoms with E-state index in [1.54, 1.807) is 23.2 Å². The zero-order valence-corrected chi connectivity index (χ0v) is 19.6. The Hall–Kier alpha value is -4.81. The fourth-order valence-corrected chi connectivity index (χ4v) is 4.44. The van der Waals surface area contributed by atoms with Crippen LogP contribution in [0.2, 0.25) is 0 Å². The van der Waals surface area contributed by atoms with Gasteiger partial charge in [0.2, 0.25) is 6.08 Å². The fourth-order valence-electron chi connectivity index (χ4n) is 4.44. The second-order valence-electron chi connectivity index (χ2n) is 8.36. The number of likely N-dealkylation sites (tertiary alicyclic amines) is 1. The monoisotopic (exact) mass is 480 g/mol. The molecule has 0 bridgehead atoms. The molecule has 1 atom stereocenters. The number of Topliss-reactive ketones (excluding diaryl/α,β-unsaturated/α-hetero) is 1. The average Bonchev–Trinajstić information content (AvgIpc) is 3.42. The number of amides is 1. The highest BCUT2D eigenvalue weighted by Crippen LogP contribution is 2.39. The number of para-hydroxylation sites is 1. The Balaban J connectivity index is 0.000000967. The van der Waals surface area contributed by atoms with Crippen molar-refractivity contribution in [2.75, 3.05) is 6.54 Å². The number of nitrogens with zero attached hydrogens (tertiary/aromatic N) is 2. The summed E-state index contributed by atoms with van der Waals surface area (Å²) in [7, 11) is 0. The standard InChI is InChI=1S/C27H23N3O3.CHNO/c1-17-8-10-18(11-9-17)24-23(25(31)20-5-4-13-28-15-20)26(32)27(33)30(24)14-12-19-16-29-22-7-3-2-6-21(19)22;2-1-3/h2-11,13,15-16,24,29,31H,12,14H2,1H3;2H. The van der Waals surface area contributed by atoms with Crippen LogP contribution in [0, 0.1) is 12.3 Å². The number of benzene rings is 2. The number of pyridine rings is 1. The van der Waals surface area contributed by atoms with E-state index in [0.29, 0.717) is 18.5 Å². The van der Waals surface area contributed by atoms with Gasteiger partial charge in [0.05, 0.1) is 11.6 Å². The molecule has 36 heavy (non-hydrogen) atoms. The first-order valence-electron chi connectivity index (χ1n) is 11.3. The molecule has 1 amide bonds.